The molecule has 0 bridgehead atoms. The number of sulfone groups is 1. The molecule has 2 aromatic rings. The Kier molecular flexibility index (Phi) is 5.36. The van der Waals surface area contributed by atoms with E-state index in [0.29, 0.717) is 11.4 Å². The number of thioether (sulfide) groups is 1. The van der Waals surface area contributed by atoms with E-state index >= 15 is 0 Å². The number of rotatable bonds is 7. The highest BCUT2D eigenvalue weighted by molar-refractivity contribution is 7.97. The standard InChI is InChI=1S/C15H19NO3S2/c1-3-21(17,18)15-8-4-12(5-9-15)16-10-13-6-7-14(19-13)11-20-2/h4-9,16H,3,10-11H2,1-2H3. The van der Waals surface area contributed by atoms with Crippen molar-refractivity contribution in [3.8, 4) is 0 Å². The van der Waals surface area contributed by atoms with Crippen molar-refractivity contribution in [2.75, 3.05) is 17.3 Å². The quantitative estimate of drug-likeness (QED) is 0.843. The maximum Gasteiger partial charge on any atom is 0.178 e. The molecule has 0 fully saturated rings. The first-order valence-electron chi connectivity index (χ1n) is 6.68. The van der Waals surface area contributed by atoms with Gasteiger partial charge in [-0.3, -0.25) is 0 Å². The molecule has 0 amide bonds. The van der Waals surface area contributed by atoms with Crippen molar-refractivity contribution >= 4 is 27.3 Å². The lowest BCUT2D eigenvalue weighted by Gasteiger charge is -2.06. The molecule has 4 nitrogen and oxygen atoms in total. The maximum atomic E-state index is 11.7. The minimum Gasteiger partial charge on any atom is -0.463 e. The average Bonchev–Trinajstić information content (AvgIpc) is 2.94. The van der Waals surface area contributed by atoms with Gasteiger partial charge in [0.2, 0.25) is 0 Å². The van der Waals surface area contributed by atoms with E-state index in [1.165, 1.54) is 0 Å². The Labute approximate surface area is 129 Å². The van der Waals surface area contributed by atoms with E-state index in [9.17, 15) is 8.42 Å². The van der Waals surface area contributed by atoms with Crippen LogP contribution in [0.4, 0.5) is 5.69 Å². The van der Waals surface area contributed by atoms with Gasteiger partial charge in [0.05, 0.1) is 22.9 Å². The predicted octanol–water partition coefficient (Wildman–Crippen LogP) is 3.55. The van der Waals surface area contributed by atoms with Crippen molar-refractivity contribution < 1.29 is 12.8 Å². The van der Waals surface area contributed by atoms with Crippen LogP contribution in [0.5, 0.6) is 0 Å². The van der Waals surface area contributed by atoms with Gasteiger partial charge in [-0.15, -0.1) is 0 Å². The van der Waals surface area contributed by atoms with Crippen LogP contribution < -0.4 is 5.32 Å². The molecule has 1 aromatic heterocycles. The van der Waals surface area contributed by atoms with Gasteiger partial charge in [-0.25, -0.2) is 8.42 Å². The van der Waals surface area contributed by atoms with Gasteiger partial charge in [0.25, 0.3) is 0 Å². The number of hydrogen-bond donors (Lipinski definition) is 1. The van der Waals surface area contributed by atoms with E-state index in [-0.39, 0.29) is 5.75 Å². The number of anilines is 1. The Balaban J connectivity index is 1.97. The van der Waals surface area contributed by atoms with Crippen molar-refractivity contribution in [1.29, 1.82) is 0 Å². The lowest BCUT2D eigenvalue weighted by molar-refractivity contribution is 0.487. The molecule has 0 aliphatic rings. The summed E-state index contributed by atoms with van der Waals surface area (Å²) in [7, 11) is -3.13. The molecule has 1 N–H and O–H groups in total. The van der Waals surface area contributed by atoms with Crippen molar-refractivity contribution in [3.63, 3.8) is 0 Å². The number of benzene rings is 1. The molecular weight excluding hydrogens is 306 g/mol. The van der Waals surface area contributed by atoms with Gasteiger partial charge >= 0.3 is 0 Å². The molecule has 0 spiro atoms. The zero-order valence-corrected chi connectivity index (χ0v) is 13.8. The summed E-state index contributed by atoms with van der Waals surface area (Å²) in [5.41, 5.74) is 0.868. The Morgan fingerprint density at radius 2 is 1.76 bits per heavy atom. The van der Waals surface area contributed by atoms with Gasteiger partial charge in [-0.1, -0.05) is 6.92 Å². The van der Waals surface area contributed by atoms with Crippen LogP contribution in [0.25, 0.3) is 0 Å². The van der Waals surface area contributed by atoms with Crippen molar-refractivity contribution in [1.82, 2.24) is 0 Å². The van der Waals surface area contributed by atoms with E-state index in [1.54, 1.807) is 43.0 Å². The third-order valence-electron chi connectivity index (χ3n) is 3.06. The van der Waals surface area contributed by atoms with Crippen LogP contribution in [0.15, 0.2) is 45.7 Å². The van der Waals surface area contributed by atoms with E-state index in [0.717, 1.165) is 23.0 Å². The molecule has 114 valence electrons. The SMILES string of the molecule is CCS(=O)(=O)c1ccc(NCc2ccc(CSC)o2)cc1. The molecule has 2 rings (SSSR count). The van der Waals surface area contributed by atoms with Gasteiger partial charge in [-0.05, 0) is 42.7 Å². The molecule has 0 unspecified atom stereocenters. The largest absolute Gasteiger partial charge is 0.463 e. The smallest absolute Gasteiger partial charge is 0.178 e. The first-order chi connectivity index (χ1) is 10.0. The number of hydrogen-bond acceptors (Lipinski definition) is 5. The number of nitrogens with one attached hydrogen (secondary N) is 1. The summed E-state index contributed by atoms with van der Waals surface area (Å²) in [6.45, 7) is 2.22. The Bertz CT molecular complexity index is 675. The minimum absolute atomic E-state index is 0.115. The molecule has 0 radical (unpaired) electrons. The first kappa shape index (κ1) is 16.0. The molecular formula is C15H19NO3S2. The van der Waals surface area contributed by atoms with Crippen molar-refractivity contribution in [2.45, 2.75) is 24.1 Å². The summed E-state index contributed by atoms with van der Waals surface area (Å²) in [6, 6.07) is 10.7. The zero-order chi connectivity index (χ0) is 15.3. The van der Waals surface area contributed by atoms with Gasteiger partial charge in [0.1, 0.15) is 11.5 Å². The maximum absolute atomic E-state index is 11.7. The Morgan fingerprint density at radius 1 is 1.10 bits per heavy atom. The lowest BCUT2D eigenvalue weighted by atomic mass is 10.3. The monoisotopic (exact) mass is 325 g/mol. The van der Waals surface area contributed by atoms with Gasteiger partial charge in [0.15, 0.2) is 9.84 Å². The van der Waals surface area contributed by atoms with Crippen LogP contribution in [0, 0.1) is 0 Å². The van der Waals surface area contributed by atoms with Crippen LogP contribution in [0.3, 0.4) is 0 Å². The second-order valence-electron chi connectivity index (χ2n) is 4.58. The number of furan rings is 1. The summed E-state index contributed by atoms with van der Waals surface area (Å²) < 4.78 is 29.1. The van der Waals surface area contributed by atoms with E-state index < -0.39 is 9.84 Å². The predicted molar refractivity (Wildman–Crippen MR) is 87.4 cm³/mol. The molecule has 21 heavy (non-hydrogen) atoms. The molecule has 6 heteroatoms. The molecule has 0 atom stereocenters. The summed E-state index contributed by atoms with van der Waals surface area (Å²) in [5, 5.41) is 3.22. The third-order valence-corrected chi connectivity index (χ3v) is 5.39. The van der Waals surface area contributed by atoms with Gasteiger partial charge < -0.3 is 9.73 Å². The van der Waals surface area contributed by atoms with E-state index in [4.69, 9.17) is 4.42 Å². The molecule has 0 aliphatic heterocycles. The second kappa shape index (κ2) is 7.04. The normalized spacial score (nSPS) is 11.5. The minimum atomic E-state index is -3.13. The third kappa shape index (κ3) is 4.28. The van der Waals surface area contributed by atoms with Crippen LogP contribution in [-0.4, -0.2) is 20.4 Å². The van der Waals surface area contributed by atoms with Crippen molar-refractivity contribution in [3.05, 3.63) is 47.9 Å². The molecule has 0 aliphatic carbocycles. The highest BCUT2D eigenvalue weighted by Crippen LogP contribution is 2.17. The van der Waals surface area contributed by atoms with Crippen LogP contribution in [-0.2, 0) is 22.1 Å². The highest BCUT2D eigenvalue weighted by atomic mass is 32.2. The fourth-order valence-corrected chi connectivity index (χ4v) is 3.20. The van der Waals surface area contributed by atoms with Gasteiger partial charge in [-0.2, -0.15) is 11.8 Å². The van der Waals surface area contributed by atoms with E-state index in [1.807, 2.05) is 18.4 Å². The van der Waals surface area contributed by atoms with E-state index in [2.05, 4.69) is 5.32 Å². The lowest BCUT2D eigenvalue weighted by Crippen LogP contribution is -2.04. The molecule has 1 aromatic carbocycles. The van der Waals surface area contributed by atoms with Crippen molar-refractivity contribution in [2.24, 2.45) is 0 Å². The highest BCUT2D eigenvalue weighted by Gasteiger charge is 2.10. The fourth-order valence-electron chi connectivity index (χ4n) is 1.87. The molecule has 0 saturated heterocycles. The zero-order valence-electron chi connectivity index (χ0n) is 12.1. The van der Waals surface area contributed by atoms with Crippen LogP contribution in [0.1, 0.15) is 18.4 Å². The topological polar surface area (TPSA) is 59.3 Å². The average molecular weight is 325 g/mol. The first-order valence-corrected chi connectivity index (χ1v) is 9.73. The molecule has 1 heterocycles. The Hall–Kier alpha value is -1.40. The second-order valence-corrected chi connectivity index (χ2v) is 7.73. The summed E-state index contributed by atoms with van der Waals surface area (Å²) in [5.74, 6) is 2.81. The fraction of sp³-hybridized carbons (Fsp3) is 0.333. The Morgan fingerprint density at radius 3 is 2.38 bits per heavy atom. The summed E-state index contributed by atoms with van der Waals surface area (Å²) >= 11 is 1.72. The molecule has 0 saturated carbocycles. The van der Waals surface area contributed by atoms with Gasteiger partial charge in [0, 0.05) is 5.69 Å². The summed E-state index contributed by atoms with van der Waals surface area (Å²) in [4.78, 5) is 0.357. The van der Waals surface area contributed by atoms with Crippen LogP contribution in [0.2, 0.25) is 0 Å². The summed E-state index contributed by atoms with van der Waals surface area (Å²) in [6.07, 6.45) is 2.03. The van der Waals surface area contributed by atoms with Crippen LogP contribution >= 0.6 is 11.8 Å².